The van der Waals surface area contributed by atoms with E-state index in [1.807, 2.05) is 72.8 Å². The van der Waals surface area contributed by atoms with Crippen molar-refractivity contribution >= 4 is 33.5 Å². The van der Waals surface area contributed by atoms with E-state index in [1.54, 1.807) is 6.66 Å². The van der Waals surface area contributed by atoms with Crippen molar-refractivity contribution in [2.45, 2.75) is 58.5 Å². The summed E-state index contributed by atoms with van der Waals surface area (Å²) in [5, 5.41) is 23.5. The molecule has 0 spiro atoms. The zero-order valence-corrected chi connectivity index (χ0v) is 54.5. The smallest absolute Gasteiger partial charge is 0.311 e. The molecule has 0 amide bonds. The minimum absolute atomic E-state index is 0. The molecule has 4 bridgehead atoms. The van der Waals surface area contributed by atoms with Crippen LogP contribution >= 0.6 is 8.03 Å². The van der Waals surface area contributed by atoms with E-state index in [1.165, 1.54) is 137 Å². The molecule has 2 radical (unpaired) electrons. The fraction of sp³-hybridized carbons (Fsp3) is 0.435. The number of carbonyl (C=O) groups is 3. The third-order valence-corrected chi connectivity index (χ3v) is 20.1. The van der Waals surface area contributed by atoms with Gasteiger partial charge in [0, 0.05) is 43.5 Å². The number of rotatable bonds is 27. The molecule has 14 nitrogen and oxygen atoms in total. The molecule has 6 saturated heterocycles. The zero-order valence-electron chi connectivity index (χ0n) is 51.3. The monoisotopic (exact) mass is 1270 g/mol. The molecule has 0 aromatic heterocycles. The average Bonchev–Trinajstić information content (AvgIpc) is 1.28. The molecule has 6 heterocycles. The van der Waals surface area contributed by atoms with Gasteiger partial charge in [0.05, 0.1) is 37.4 Å². The number of carboxylic acids is 2. The van der Waals surface area contributed by atoms with Crippen LogP contribution in [0.3, 0.4) is 0 Å². The van der Waals surface area contributed by atoms with Gasteiger partial charge in [0.2, 0.25) is 0 Å². The number of hydrogen-bond acceptors (Lipinski definition) is 5. The third kappa shape index (κ3) is 19.1. The van der Waals surface area contributed by atoms with Crippen molar-refractivity contribution in [2.24, 2.45) is 28.8 Å². The number of quaternary nitrogens is 5. The van der Waals surface area contributed by atoms with Crippen molar-refractivity contribution in [2.75, 3.05) is 111 Å². The highest BCUT2D eigenvalue weighted by molar-refractivity contribution is 7.77. The number of carbonyl (C=O) groups excluding carboxylic acids is 1. The van der Waals surface area contributed by atoms with Gasteiger partial charge in [-0.3, -0.25) is 14.4 Å². The number of aliphatic carboxylic acids is 2. The normalized spacial score (nSPS) is 22.2. The van der Waals surface area contributed by atoms with E-state index < -0.39 is 31.8 Å². The van der Waals surface area contributed by atoms with Crippen molar-refractivity contribution in [3.05, 3.63) is 202 Å². The minimum atomic E-state index is -1.24. The average molecular weight is 1270 g/mol. The van der Waals surface area contributed by atoms with E-state index in [9.17, 15) is 24.6 Å². The molecule has 1 unspecified atom stereocenters. The number of hydrogen-bond donors (Lipinski definition) is 3. The number of carboxylic acid groups (broad SMARTS) is 2. The number of nitrogens with zero attached hydrogens (tertiary/aromatic N) is 7. The topological polar surface area (TPSA) is 177 Å². The first-order valence-electron chi connectivity index (χ1n) is 30.9. The van der Waals surface area contributed by atoms with Gasteiger partial charge in [0.25, 0.3) is 0 Å². The summed E-state index contributed by atoms with van der Waals surface area (Å²) in [6.07, 6.45) is 4.03. The summed E-state index contributed by atoms with van der Waals surface area (Å²) in [4.78, 5) is 40.1. The lowest BCUT2D eigenvalue weighted by Crippen LogP contribution is -3.00. The zero-order chi connectivity index (χ0) is 59.9. The Morgan fingerprint density at radius 2 is 0.830 bits per heavy atom. The second-order valence-electron chi connectivity index (χ2n) is 25.3. The van der Waals surface area contributed by atoms with E-state index in [2.05, 4.69) is 108 Å². The van der Waals surface area contributed by atoms with Crippen molar-refractivity contribution in [1.29, 1.82) is 0 Å². The maximum absolute atomic E-state index is 13.0. The van der Waals surface area contributed by atoms with Crippen LogP contribution in [0.4, 0.5) is 0 Å². The molecule has 12 rings (SSSR count). The number of halogens is 3. The molecular weight excluding hydrogens is 1180 g/mol. The van der Waals surface area contributed by atoms with Crippen LogP contribution in [0.2, 0.25) is 0 Å². The number of piperazine rings is 6. The van der Waals surface area contributed by atoms with Crippen LogP contribution in [0.15, 0.2) is 163 Å². The lowest BCUT2D eigenvalue weighted by Gasteiger charge is -2.55. The minimum Gasteiger partial charge on any atom is -1.00 e. The summed E-state index contributed by atoms with van der Waals surface area (Å²) in [6.45, 7) is 25.3. The first kappa shape index (κ1) is 71.3. The lowest BCUT2D eigenvalue weighted by atomic mass is 9.82. The Morgan fingerprint density at radius 1 is 0.511 bits per heavy atom. The Balaban J connectivity index is 0.000000272. The highest BCUT2D eigenvalue weighted by Crippen LogP contribution is 2.35. The molecule has 19 heteroatoms. The summed E-state index contributed by atoms with van der Waals surface area (Å²) in [7, 11) is 4.62. The number of benzene rings is 6. The lowest BCUT2D eigenvalue weighted by molar-refractivity contribution is -1.09. The van der Waals surface area contributed by atoms with Gasteiger partial charge in [-0.1, -0.05) is 170 Å². The van der Waals surface area contributed by atoms with Crippen LogP contribution in [0.1, 0.15) is 53.1 Å². The molecule has 468 valence electrons. The number of azide groups is 1. The molecule has 0 saturated carbocycles. The predicted octanol–water partition coefficient (Wildman–Crippen LogP) is 1.25. The highest BCUT2D eigenvalue weighted by Gasteiger charge is 2.50. The first-order chi connectivity index (χ1) is 41.1. The SMILES string of the molecule is [B]P(C)OC(=O)[C@@H](Cc1ccccc1)[C@@H](C)Cc1ccc(-c2ccc(C[N+]34CC[N+](CCCN=[N+]=[N-])(CC3)CC4)cc2)cc1.[Cl-].[Cl-].[Cl-].[NH3+]CCC[N+]12CC[N+](Cc3ccc(-c4ccc(C[C@H](C(=O)O)[C@H](Cc5ccccc5)C(=O)O)cc4)cc3)(CC1)CC2. The van der Waals surface area contributed by atoms with Crippen LogP contribution < -0.4 is 43.0 Å². The van der Waals surface area contributed by atoms with Gasteiger partial charge in [-0.15, -0.1) is 0 Å². The molecule has 6 aromatic carbocycles. The molecule has 0 aliphatic carbocycles. The number of fused-ring (bicyclic) bond motifs is 6. The molecule has 6 aliphatic rings. The van der Waals surface area contributed by atoms with Crippen LogP contribution in [-0.2, 0) is 57.7 Å². The van der Waals surface area contributed by atoms with Gasteiger partial charge >= 0.3 is 17.9 Å². The third-order valence-electron chi connectivity index (χ3n) is 19.6. The molecule has 5 atom stereocenters. The summed E-state index contributed by atoms with van der Waals surface area (Å²) in [6, 6.07) is 54.1. The Morgan fingerprint density at radius 3 is 1.17 bits per heavy atom. The van der Waals surface area contributed by atoms with E-state index in [0.29, 0.717) is 13.0 Å². The fourth-order valence-electron chi connectivity index (χ4n) is 14.1. The largest absolute Gasteiger partial charge is 1.00 e. The van der Waals surface area contributed by atoms with E-state index >= 15 is 0 Å². The summed E-state index contributed by atoms with van der Waals surface area (Å²) < 4.78 is 10.4. The van der Waals surface area contributed by atoms with Crippen LogP contribution in [0.5, 0.6) is 0 Å². The van der Waals surface area contributed by atoms with Gasteiger partial charge in [-0.05, 0) is 88.3 Å². The van der Waals surface area contributed by atoms with Crippen molar-refractivity contribution in [1.82, 2.24) is 0 Å². The summed E-state index contributed by atoms with van der Waals surface area (Å²) in [5.41, 5.74) is 24.0. The van der Waals surface area contributed by atoms with Crippen LogP contribution in [0.25, 0.3) is 32.7 Å². The maximum Gasteiger partial charge on any atom is 0.311 e. The Bertz CT molecular complexity index is 3150. The molecule has 5 N–H and O–H groups in total. The summed E-state index contributed by atoms with van der Waals surface area (Å²) >= 11 is 0. The Kier molecular flexibility index (Phi) is 27.0. The van der Waals surface area contributed by atoms with Crippen LogP contribution in [-0.4, -0.2) is 165 Å². The molecular formula is C69H89BCl3N8O6P+2. The quantitative estimate of drug-likeness (QED) is 0.0133. The van der Waals surface area contributed by atoms with Crippen molar-refractivity contribution < 1.29 is 90.0 Å². The maximum atomic E-state index is 13.0. The Hall–Kier alpha value is -5.80. The molecule has 88 heavy (non-hydrogen) atoms. The predicted molar refractivity (Wildman–Crippen MR) is 339 cm³/mol. The van der Waals surface area contributed by atoms with E-state index in [-0.39, 0.29) is 67.9 Å². The van der Waals surface area contributed by atoms with Gasteiger partial charge in [-0.2, -0.15) is 0 Å². The molecule has 6 aromatic rings. The van der Waals surface area contributed by atoms with Crippen LogP contribution in [0, 0.1) is 23.7 Å². The molecule has 6 fully saturated rings. The van der Waals surface area contributed by atoms with Crippen molar-refractivity contribution in [3.63, 3.8) is 0 Å². The first-order valence-corrected chi connectivity index (χ1v) is 32.7. The summed E-state index contributed by atoms with van der Waals surface area (Å²) in [5.74, 6) is -4.51. The second kappa shape index (κ2) is 33.3. The van der Waals surface area contributed by atoms with Gasteiger partial charge < -0.3 is 75.6 Å². The van der Waals surface area contributed by atoms with E-state index in [0.717, 1.165) is 66.8 Å². The van der Waals surface area contributed by atoms with E-state index in [4.69, 9.17) is 17.6 Å². The fourth-order valence-corrected chi connectivity index (χ4v) is 14.5. The standard InChI is InChI=1S/C35H45BN5O2P.C34H41N3O4.3ClH/c1-28(34(35(42)43-44(2)36)26-29-7-4-3-5-8-29)25-30-9-13-32(14-10-30)33-15-11-31(12-16-33)27-41-22-19-40(20-23-41,21-24-41)18-6-17-38-39-37;35-15-4-16-36-17-20-37(21-18-36,22-19-36)25-28-9-13-30(14-10-28)29-11-7-27(8-12-29)24-32(34(40)41)31(33(38)39)23-26-5-2-1-3-6-26;;;/h3-5,7-16,28,34H,6,17-27H2,1-2H3;1-3,5-14,31-32H,4,15-25,35H2;3*1H/q+2;;;;/t28-,34-,40?,41?,44?;31-,32-,36?,37?;;;/m00.../s1. The second-order valence-corrected chi connectivity index (χ2v) is 26.6. The van der Waals surface area contributed by atoms with Crippen molar-refractivity contribution in [3.8, 4) is 22.3 Å². The van der Waals surface area contributed by atoms with Gasteiger partial charge in [-0.25, -0.2) is 0 Å². The highest BCUT2D eigenvalue weighted by atomic mass is 35.5. The Labute approximate surface area is 542 Å². The van der Waals surface area contributed by atoms with Gasteiger partial charge in [0.15, 0.2) is 7.57 Å². The van der Waals surface area contributed by atoms with Gasteiger partial charge in [0.1, 0.15) is 91.6 Å². The molecule has 6 aliphatic heterocycles.